The van der Waals surface area contributed by atoms with Gasteiger partial charge in [-0.15, -0.1) is 0 Å². The summed E-state index contributed by atoms with van der Waals surface area (Å²) < 4.78 is 1.24. The third kappa shape index (κ3) is 4.38. The molecule has 0 saturated carbocycles. The van der Waals surface area contributed by atoms with Crippen LogP contribution in [0.5, 0.6) is 0 Å². The van der Waals surface area contributed by atoms with Crippen LogP contribution in [-0.2, 0) is 6.54 Å². The molecule has 3 nitrogen and oxygen atoms in total. The van der Waals surface area contributed by atoms with Crippen LogP contribution in [0.15, 0.2) is 54.6 Å². The van der Waals surface area contributed by atoms with Crippen LogP contribution in [0.25, 0.3) is 0 Å². The maximum atomic E-state index is 11.7. The van der Waals surface area contributed by atoms with Gasteiger partial charge in [0, 0.05) is 0 Å². The van der Waals surface area contributed by atoms with Gasteiger partial charge >= 0.3 is 119 Å². The number of anilines is 1. The van der Waals surface area contributed by atoms with Crippen LogP contribution in [0, 0.1) is 0 Å². The zero-order chi connectivity index (χ0) is 13.5. The third-order valence-corrected chi connectivity index (χ3v) is 4.00. The molecule has 0 aromatic heterocycles. The number of carbonyl (C=O) groups is 1. The molecule has 0 aliphatic rings. The molecular weight excluding hydrogens is 299 g/mol. The summed E-state index contributed by atoms with van der Waals surface area (Å²) in [6.07, 6.45) is 0. The van der Waals surface area contributed by atoms with Crippen molar-refractivity contribution in [3.8, 4) is 0 Å². The molecule has 0 aliphatic heterocycles. The number of urea groups is 1. The number of hydrogen-bond acceptors (Lipinski definition) is 1. The van der Waals surface area contributed by atoms with E-state index in [-0.39, 0.29) is 21.3 Å². The number of amides is 2. The van der Waals surface area contributed by atoms with Crippen molar-refractivity contribution in [2.45, 2.75) is 6.54 Å². The molecule has 0 fully saturated rings. The maximum absolute atomic E-state index is 11.7. The molecule has 19 heavy (non-hydrogen) atoms. The van der Waals surface area contributed by atoms with E-state index in [0.29, 0.717) is 6.54 Å². The summed E-state index contributed by atoms with van der Waals surface area (Å²) in [6.45, 7) is 0.522. The predicted octanol–water partition coefficient (Wildman–Crippen LogP) is 1.77. The van der Waals surface area contributed by atoms with Gasteiger partial charge in [0.05, 0.1) is 0 Å². The summed E-state index contributed by atoms with van der Waals surface area (Å²) in [7, 11) is 0. The molecule has 96 valence electrons. The first-order chi connectivity index (χ1) is 9.28. The molecule has 0 bridgehead atoms. The van der Waals surface area contributed by atoms with Crippen molar-refractivity contribution in [2.75, 3.05) is 5.32 Å². The summed E-state index contributed by atoms with van der Waals surface area (Å²) in [5, 5.41) is 9.53. The van der Waals surface area contributed by atoms with Gasteiger partial charge in [-0.05, 0) is 0 Å². The second-order valence-electron chi connectivity index (χ2n) is 4.00. The summed E-state index contributed by atoms with van der Waals surface area (Å²) >= 11 is -0.00902. The number of nitrogens with one attached hydrogen (secondary N) is 2. The SMILES string of the molecule is C=[As]c1ccc(NC(=O)NCc2ccccc2)cc1. The van der Waals surface area contributed by atoms with Crippen LogP contribution in [0.4, 0.5) is 10.5 Å². The molecule has 0 heterocycles. The van der Waals surface area contributed by atoms with Crippen LogP contribution in [0.2, 0.25) is 0 Å². The van der Waals surface area contributed by atoms with Crippen LogP contribution in [0.1, 0.15) is 5.56 Å². The summed E-state index contributed by atoms with van der Waals surface area (Å²) in [5.74, 6) is 0. The molecule has 2 N–H and O–H groups in total. The van der Waals surface area contributed by atoms with Crippen LogP contribution in [-0.4, -0.2) is 26.7 Å². The van der Waals surface area contributed by atoms with Gasteiger partial charge < -0.3 is 0 Å². The Morgan fingerprint density at radius 1 is 1.05 bits per heavy atom. The van der Waals surface area contributed by atoms with Crippen molar-refractivity contribution < 1.29 is 4.79 Å². The quantitative estimate of drug-likeness (QED) is 0.830. The van der Waals surface area contributed by atoms with Crippen molar-refractivity contribution in [3.63, 3.8) is 0 Å². The zero-order valence-corrected chi connectivity index (χ0v) is 12.3. The molecule has 0 spiro atoms. The molecule has 0 atom stereocenters. The fraction of sp³-hybridized carbons (Fsp3) is 0.0667. The van der Waals surface area contributed by atoms with E-state index in [9.17, 15) is 4.79 Å². The van der Waals surface area contributed by atoms with Gasteiger partial charge in [0.1, 0.15) is 0 Å². The fourth-order valence-corrected chi connectivity index (χ4v) is 2.36. The van der Waals surface area contributed by atoms with Gasteiger partial charge in [-0.1, -0.05) is 0 Å². The Kier molecular flexibility index (Phi) is 4.93. The molecule has 0 radical (unpaired) electrons. The first-order valence-electron chi connectivity index (χ1n) is 5.93. The Balaban J connectivity index is 1.85. The van der Waals surface area contributed by atoms with Gasteiger partial charge in [0.15, 0.2) is 0 Å². The van der Waals surface area contributed by atoms with Gasteiger partial charge in [-0.25, -0.2) is 0 Å². The molecule has 0 unspecified atom stereocenters. The van der Waals surface area contributed by atoms with Crippen molar-refractivity contribution in [2.24, 2.45) is 0 Å². The summed E-state index contributed by atoms with van der Waals surface area (Å²) in [5.41, 5.74) is 1.87. The van der Waals surface area contributed by atoms with Crippen molar-refractivity contribution in [1.82, 2.24) is 5.32 Å². The van der Waals surface area contributed by atoms with Gasteiger partial charge in [-0.2, -0.15) is 0 Å². The minimum absolute atomic E-state index is 0.00902. The molecular formula is C15H15AsN2O. The van der Waals surface area contributed by atoms with Crippen LogP contribution >= 0.6 is 0 Å². The fourth-order valence-electron chi connectivity index (χ4n) is 1.60. The topological polar surface area (TPSA) is 41.1 Å². The Hall–Kier alpha value is -1.86. The minimum atomic E-state index is -0.195. The Morgan fingerprint density at radius 3 is 2.37 bits per heavy atom. The second kappa shape index (κ2) is 6.91. The monoisotopic (exact) mass is 314 g/mol. The second-order valence-corrected chi connectivity index (χ2v) is 5.75. The molecule has 2 aromatic carbocycles. The van der Waals surface area contributed by atoms with Crippen molar-refractivity contribution >= 4 is 36.7 Å². The Labute approximate surface area is 119 Å². The van der Waals surface area contributed by atoms with E-state index < -0.39 is 0 Å². The van der Waals surface area contributed by atoms with E-state index in [1.54, 1.807) is 0 Å². The van der Waals surface area contributed by atoms with Gasteiger partial charge in [-0.3, -0.25) is 0 Å². The predicted molar refractivity (Wildman–Crippen MR) is 81.3 cm³/mol. The first kappa shape index (κ1) is 13.6. The number of carbonyl (C=O) groups excluding carboxylic acids is 1. The number of hydrogen-bond donors (Lipinski definition) is 2. The summed E-state index contributed by atoms with van der Waals surface area (Å²) in [6, 6.07) is 17.4. The van der Waals surface area contributed by atoms with Gasteiger partial charge in [0.2, 0.25) is 0 Å². The van der Waals surface area contributed by atoms with Crippen LogP contribution in [0.3, 0.4) is 0 Å². The standard InChI is InChI=1S/C15H15AsN2O/c1-16-13-7-9-14(10-8-13)18-15(19)17-11-12-5-3-2-4-6-12/h2-10H,1,11H2,(H2,17,18,19). The number of rotatable bonds is 4. The molecule has 2 aromatic rings. The average molecular weight is 314 g/mol. The normalized spacial score (nSPS) is 10.1. The number of benzene rings is 2. The molecule has 0 saturated heterocycles. The summed E-state index contributed by atoms with van der Waals surface area (Å²) in [4.78, 5) is 11.7. The van der Waals surface area contributed by atoms with Crippen molar-refractivity contribution in [1.29, 1.82) is 0 Å². The zero-order valence-electron chi connectivity index (χ0n) is 10.5. The van der Waals surface area contributed by atoms with E-state index in [0.717, 1.165) is 11.3 Å². The van der Waals surface area contributed by atoms with Crippen LogP contribution < -0.4 is 15.0 Å². The first-order valence-corrected chi connectivity index (χ1v) is 8.20. The van der Waals surface area contributed by atoms with E-state index in [2.05, 4.69) is 15.9 Å². The molecule has 0 aliphatic carbocycles. The van der Waals surface area contributed by atoms with E-state index in [1.807, 2.05) is 54.6 Å². The van der Waals surface area contributed by atoms with E-state index >= 15 is 0 Å². The van der Waals surface area contributed by atoms with Gasteiger partial charge in [0.25, 0.3) is 0 Å². The van der Waals surface area contributed by atoms with E-state index in [1.165, 1.54) is 4.35 Å². The Morgan fingerprint density at radius 2 is 1.74 bits per heavy atom. The molecule has 2 rings (SSSR count). The average Bonchev–Trinajstić information content (AvgIpc) is 2.47. The molecule has 4 heteroatoms. The Bertz CT molecular complexity index is 552. The van der Waals surface area contributed by atoms with E-state index in [4.69, 9.17) is 0 Å². The van der Waals surface area contributed by atoms with Crippen molar-refractivity contribution in [3.05, 3.63) is 60.2 Å². The molecule has 2 amide bonds. The third-order valence-electron chi connectivity index (χ3n) is 2.60.